The Balaban J connectivity index is 1.38. The van der Waals surface area contributed by atoms with Crippen LogP contribution < -0.4 is 14.2 Å². The SMILES string of the molecule is C=CCOC12Oc3ccc(Oc4ccc(OC)c(C=O)c4)cc3C3C(CCCCO)C(CCCCO)C=C(C(=NOCc4ccccc4)CC1SC1CCCC1)C32. The molecule has 0 radical (unpaired) electrons. The van der Waals surface area contributed by atoms with Crippen molar-refractivity contribution in [3.63, 3.8) is 0 Å². The lowest BCUT2D eigenvalue weighted by Crippen LogP contribution is -2.64. The fraction of sp³-hybridized carbons (Fsp3) is 0.489. The molecule has 2 fully saturated rings. The Labute approximate surface area is 341 Å². The molecule has 2 saturated carbocycles. The number of fused-ring (bicyclic) bond motifs is 2. The Morgan fingerprint density at radius 1 is 0.965 bits per heavy atom. The van der Waals surface area contributed by atoms with Gasteiger partial charge in [0, 0.05) is 36.4 Å². The fourth-order valence-electron chi connectivity index (χ4n) is 9.53. The third-order valence-corrected chi connectivity index (χ3v) is 13.8. The maximum atomic E-state index is 11.9. The van der Waals surface area contributed by atoms with E-state index in [1.165, 1.54) is 12.8 Å². The number of aliphatic hydroxyl groups is 2. The predicted molar refractivity (Wildman–Crippen MR) is 224 cm³/mol. The number of methoxy groups -OCH3 is 1. The number of hydrogen-bond acceptors (Lipinski definition) is 10. The summed E-state index contributed by atoms with van der Waals surface area (Å²) in [6.45, 7) is 5.05. The molecule has 9 nitrogen and oxygen atoms in total. The Morgan fingerprint density at radius 2 is 1.72 bits per heavy atom. The van der Waals surface area contributed by atoms with E-state index in [-0.39, 0.29) is 42.1 Å². The topological polar surface area (TPSA) is 116 Å². The number of ether oxygens (including phenoxy) is 4. The summed E-state index contributed by atoms with van der Waals surface area (Å²) in [5, 5.41) is 25.2. The van der Waals surface area contributed by atoms with E-state index in [1.54, 1.807) is 25.3 Å². The molecule has 10 heteroatoms. The highest BCUT2D eigenvalue weighted by atomic mass is 32.2. The summed E-state index contributed by atoms with van der Waals surface area (Å²) in [5.41, 5.74) is 4.55. The van der Waals surface area contributed by atoms with Gasteiger partial charge in [0.25, 0.3) is 0 Å². The molecule has 0 saturated heterocycles. The van der Waals surface area contributed by atoms with Crippen LogP contribution in [0.15, 0.2) is 96.2 Å². The minimum atomic E-state index is -1.01. The van der Waals surface area contributed by atoms with Crippen LogP contribution in [-0.2, 0) is 16.2 Å². The molecule has 3 aliphatic carbocycles. The molecule has 0 bridgehead atoms. The number of nitrogens with zero attached hydrogens (tertiary/aromatic N) is 1. The van der Waals surface area contributed by atoms with Crippen molar-refractivity contribution >= 4 is 23.8 Å². The van der Waals surface area contributed by atoms with Crippen molar-refractivity contribution in [2.24, 2.45) is 22.9 Å². The summed E-state index contributed by atoms with van der Waals surface area (Å²) < 4.78 is 26.3. The van der Waals surface area contributed by atoms with Gasteiger partial charge in [0.05, 0.1) is 36.2 Å². The van der Waals surface area contributed by atoms with E-state index >= 15 is 0 Å². The van der Waals surface area contributed by atoms with Gasteiger partial charge in [-0.2, -0.15) is 0 Å². The average Bonchev–Trinajstić information content (AvgIpc) is 3.76. The van der Waals surface area contributed by atoms with Gasteiger partial charge in [-0.05, 0) is 97.9 Å². The molecule has 6 atom stereocenters. The van der Waals surface area contributed by atoms with Crippen LogP contribution in [0, 0.1) is 17.8 Å². The van der Waals surface area contributed by atoms with Gasteiger partial charge >= 0.3 is 0 Å². The van der Waals surface area contributed by atoms with Crippen molar-refractivity contribution in [2.75, 3.05) is 26.9 Å². The molecule has 304 valence electrons. The molecule has 0 aromatic heterocycles. The number of unbranched alkanes of at least 4 members (excludes halogenated alkanes) is 2. The first-order chi connectivity index (χ1) is 28.0. The first kappa shape index (κ1) is 41.1. The van der Waals surface area contributed by atoms with Gasteiger partial charge < -0.3 is 34.0 Å². The first-order valence-corrected chi connectivity index (χ1v) is 21.7. The zero-order chi connectivity index (χ0) is 39.6. The van der Waals surface area contributed by atoms with Crippen molar-refractivity contribution in [1.82, 2.24) is 0 Å². The van der Waals surface area contributed by atoms with Gasteiger partial charge in [-0.3, -0.25) is 4.79 Å². The second-order valence-electron chi connectivity index (χ2n) is 15.7. The van der Waals surface area contributed by atoms with Gasteiger partial charge in [0.1, 0.15) is 29.6 Å². The monoisotopic (exact) mass is 795 g/mol. The van der Waals surface area contributed by atoms with Crippen LogP contribution in [0.2, 0.25) is 0 Å². The summed E-state index contributed by atoms with van der Waals surface area (Å²) in [4.78, 5) is 18.1. The summed E-state index contributed by atoms with van der Waals surface area (Å²) in [7, 11) is 1.54. The normalized spacial score (nSPS) is 25.8. The van der Waals surface area contributed by atoms with Gasteiger partial charge in [-0.15, -0.1) is 18.3 Å². The van der Waals surface area contributed by atoms with Gasteiger partial charge in [0.2, 0.25) is 5.79 Å². The molecule has 4 aliphatic rings. The number of benzene rings is 3. The second-order valence-corrected chi connectivity index (χ2v) is 17.2. The summed E-state index contributed by atoms with van der Waals surface area (Å²) >= 11 is 1.99. The van der Waals surface area contributed by atoms with E-state index in [0.717, 1.165) is 85.8 Å². The van der Waals surface area contributed by atoms with Gasteiger partial charge in [-0.25, -0.2) is 0 Å². The van der Waals surface area contributed by atoms with Crippen LogP contribution in [0.4, 0.5) is 0 Å². The van der Waals surface area contributed by atoms with Crippen molar-refractivity contribution < 1.29 is 38.8 Å². The quantitative estimate of drug-likeness (QED) is 0.0499. The minimum absolute atomic E-state index is 0.0485. The lowest BCUT2D eigenvalue weighted by molar-refractivity contribution is -0.223. The lowest BCUT2D eigenvalue weighted by Gasteiger charge is -2.58. The van der Waals surface area contributed by atoms with Crippen molar-refractivity contribution in [3.05, 3.63) is 108 Å². The lowest BCUT2D eigenvalue weighted by atomic mass is 9.56. The number of rotatable bonds is 20. The fourth-order valence-corrected chi connectivity index (χ4v) is 11.3. The van der Waals surface area contributed by atoms with E-state index in [2.05, 4.69) is 30.9 Å². The van der Waals surface area contributed by atoms with Crippen LogP contribution in [0.5, 0.6) is 23.0 Å². The summed E-state index contributed by atoms with van der Waals surface area (Å²) in [5.74, 6) is 1.50. The average molecular weight is 796 g/mol. The standard InChI is InChI=1S/C47H57NO8S/c1-3-25-53-47-44(57-37-16-7-8-17-37)29-41(48-54-31-32-13-5-4-6-14-32)39-27-33(15-9-11-23-49)38(18-10-12-24-50)45(46(39)47)40-28-36(20-22-43(40)56-47)55-35-19-21-42(52-2)34(26-35)30-51/h3-6,13-14,19-22,26-28,30,33,37-38,44-46,49-50H,1,7-12,15-18,23-25,29,31H2,2H3. The zero-order valence-electron chi connectivity index (χ0n) is 33.1. The number of allylic oxidation sites excluding steroid dienone is 1. The zero-order valence-corrected chi connectivity index (χ0v) is 33.9. The number of aldehydes is 1. The van der Waals surface area contributed by atoms with Crippen LogP contribution in [-0.4, -0.2) is 65.4 Å². The second kappa shape index (κ2) is 19.6. The molecule has 0 spiro atoms. The molecule has 1 heterocycles. The third-order valence-electron chi connectivity index (χ3n) is 12.1. The number of thioether (sulfide) groups is 1. The maximum Gasteiger partial charge on any atom is 0.230 e. The van der Waals surface area contributed by atoms with Crippen LogP contribution >= 0.6 is 11.8 Å². The Morgan fingerprint density at radius 3 is 2.46 bits per heavy atom. The molecule has 2 N–H and O–H groups in total. The van der Waals surface area contributed by atoms with Crippen molar-refractivity contribution in [1.29, 1.82) is 0 Å². The van der Waals surface area contributed by atoms with E-state index in [0.29, 0.717) is 47.7 Å². The number of carbonyl (C=O) groups is 1. The molecular formula is C47H57NO8S. The summed E-state index contributed by atoms with van der Waals surface area (Å²) in [6.07, 6.45) is 15.4. The Hall–Kier alpha value is -4.09. The van der Waals surface area contributed by atoms with Crippen LogP contribution in [0.1, 0.15) is 98.0 Å². The maximum absolute atomic E-state index is 11.9. The van der Waals surface area contributed by atoms with E-state index in [4.69, 9.17) is 28.9 Å². The number of hydrogen-bond donors (Lipinski definition) is 2. The third kappa shape index (κ3) is 9.15. The minimum Gasteiger partial charge on any atom is -0.496 e. The number of carbonyl (C=O) groups excluding carboxylic acids is 1. The molecule has 3 aromatic rings. The highest BCUT2D eigenvalue weighted by molar-refractivity contribution is 8.00. The number of oxime groups is 1. The largest absolute Gasteiger partial charge is 0.496 e. The van der Waals surface area contributed by atoms with Gasteiger partial charge in [0.15, 0.2) is 6.29 Å². The molecule has 6 unspecified atom stereocenters. The van der Waals surface area contributed by atoms with Crippen molar-refractivity contribution in [3.8, 4) is 23.0 Å². The predicted octanol–water partition coefficient (Wildman–Crippen LogP) is 9.81. The highest BCUT2D eigenvalue weighted by Gasteiger charge is 2.64. The van der Waals surface area contributed by atoms with Crippen LogP contribution in [0.25, 0.3) is 0 Å². The number of aliphatic hydroxyl groups excluding tert-OH is 2. The van der Waals surface area contributed by atoms with Gasteiger partial charge in [-0.1, -0.05) is 73.3 Å². The van der Waals surface area contributed by atoms with E-state index < -0.39 is 5.79 Å². The molecule has 0 amide bonds. The Bertz CT molecular complexity index is 1880. The highest BCUT2D eigenvalue weighted by Crippen LogP contribution is 2.63. The van der Waals surface area contributed by atoms with E-state index in [1.807, 2.05) is 48.2 Å². The first-order valence-electron chi connectivity index (χ1n) is 20.7. The Kier molecular flexibility index (Phi) is 14.1. The van der Waals surface area contributed by atoms with E-state index in [9.17, 15) is 15.0 Å². The molecule has 7 rings (SSSR count). The molecule has 57 heavy (non-hydrogen) atoms. The molecule has 3 aromatic carbocycles. The molecule has 1 aliphatic heterocycles. The van der Waals surface area contributed by atoms with Crippen LogP contribution in [0.3, 0.4) is 0 Å². The smallest absolute Gasteiger partial charge is 0.230 e. The molecular weight excluding hydrogens is 739 g/mol. The van der Waals surface area contributed by atoms with Crippen molar-refractivity contribution in [2.45, 2.75) is 99.4 Å². The summed E-state index contributed by atoms with van der Waals surface area (Å²) in [6, 6.07) is 21.4.